The van der Waals surface area contributed by atoms with Crippen molar-refractivity contribution in [2.75, 3.05) is 14.2 Å². The summed E-state index contributed by atoms with van der Waals surface area (Å²) in [7, 11) is 3.22. The zero-order valence-electron chi connectivity index (χ0n) is 13.9. The van der Waals surface area contributed by atoms with E-state index in [9.17, 15) is 0 Å². The summed E-state index contributed by atoms with van der Waals surface area (Å²) >= 11 is 5.12. The van der Waals surface area contributed by atoms with Crippen LogP contribution >= 0.6 is 12.2 Å². The third-order valence-corrected chi connectivity index (χ3v) is 4.01. The Balaban J connectivity index is 2.27. The first kappa shape index (κ1) is 16.3. The Hall–Kier alpha value is -2.60. The van der Waals surface area contributed by atoms with E-state index < -0.39 is 0 Å². The van der Waals surface area contributed by atoms with Crippen molar-refractivity contribution in [1.29, 1.82) is 0 Å². The molecule has 0 aliphatic heterocycles. The molecule has 0 spiro atoms. The number of aromatic nitrogens is 2. The fourth-order valence-electron chi connectivity index (χ4n) is 2.69. The molecule has 1 heterocycles. The Labute approximate surface area is 146 Å². The summed E-state index contributed by atoms with van der Waals surface area (Å²) in [5, 5.41) is 0. The Bertz CT molecular complexity index is 901. The van der Waals surface area contributed by atoms with Crippen molar-refractivity contribution in [3.05, 3.63) is 42.0 Å². The largest absolute Gasteiger partial charge is 0.493 e. The van der Waals surface area contributed by atoms with Gasteiger partial charge in [0.15, 0.2) is 11.5 Å². The summed E-state index contributed by atoms with van der Waals surface area (Å²) in [6.07, 6.45) is 0. The molecule has 0 unspecified atom stereocenters. The molecule has 3 rings (SSSR count). The topological polar surface area (TPSA) is 62.3 Å². The van der Waals surface area contributed by atoms with E-state index in [4.69, 9.17) is 32.4 Å². The van der Waals surface area contributed by atoms with Crippen LogP contribution in [0, 0.1) is 6.92 Å². The fourth-order valence-corrected chi connectivity index (χ4v) is 2.82. The van der Waals surface area contributed by atoms with E-state index >= 15 is 0 Å². The number of hydrogen-bond donors (Lipinski definition) is 1. The van der Waals surface area contributed by atoms with Gasteiger partial charge in [-0.2, -0.15) is 0 Å². The van der Waals surface area contributed by atoms with Crippen molar-refractivity contribution in [2.24, 2.45) is 5.73 Å². The molecular formula is C18H19N3O2S. The van der Waals surface area contributed by atoms with Crippen LogP contribution in [0.25, 0.3) is 22.4 Å². The molecule has 0 atom stereocenters. The van der Waals surface area contributed by atoms with E-state index in [-0.39, 0.29) is 0 Å². The Morgan fingerprint density at radius 3 is 2.33 bits per heavy atom. The van der Waals surface area contributed by atoms with E-state index in [0.717, 1.165) is 22.4 Å². The second-order valence-electron chi connectivity index (χ2n) is 5.55. The number of hydrogen-bond acceptors (Lipinski definition) is 4. The molecule has 3 aromatic rings. The number of fused-ring (bicyclic) bond motifs is 1. The van der Waals surface area contributed by atoms with Gasteiger partial charge in [0.2, 0.25) is 0 Å². The highest BCUT2D eigenvalue weighted by molar-refractivity contribution is 7.80. The second kappa shape index (κ2) is 6.49. The molecule has 0 radical (unpaired) electrons. The molecule has 24 heavy (non-hydrogen) atoms. The highest BCUT2D eigenvalue weighted by Crippen LogP contribution is 2.34. The molecule has 0 aliphatic carbocycles. The number of thiocarbonyl (C=S) groups is 1. The average Bonchev–Trinajstić information content (AvgIpc) is 2.91. The number of rotatable bonds is 5. The van der Waals surface area contributed by atoms with Crippen LogP contribution in [0.5, 0.6) is 11.5 Å². The normalized spacial score (nSPS) is 10.8. The van der Waals surface area contributed by atoms with Gasteiger partial charge >= 0.3 is 0 Å². The number of nitrogens with zero attached hydrogens (tertiary/aromatic N) is 2. The van der Waals surface area contributed by atoms with Gasteiger partial charge in [0.1, 0.15) is 5.82 Å². The van der Waals surface area contributed by atoms with Crippen LogP contribution in [0.15, 0.2) is 36.4 Å². The van der Waals surface area contributed by atoms with Gasteiger partial charge in [-0.3, -0.25) is 0 Å². The molecule has 2 N–H and O–H groups in total. The van der Waals surface area contributed by atoms with Crippen LogP contribution in [-0.2, 0) is 6.54 Å². The summed E-state index contributed by atoms with van der Waals surface area (Å²) in [5.74, 6) is 2.10. The molecule has 0 amide bonds. The van der Waals surface area contributed by atoms with Crippen molar-refractivity contribution in [2.45, 2.75) is 13.5 Å². The zero-order valence-corrected chi connectivity index (χ0v) is 14.7. The maximum absolute atomic E-state index is 5.80. The Morgan fingerprint density at radius 1 is 1.12 bits per heavy atom. The Kier molecular flexibility index (Phi) is 4.40. The third-order valence-electron chi connectivity index (χ3n) is 3.88. The average molecular weight is 341 g/mol. The smallest absolute Gasteiger partial charge is 0.163 e. The maximum atomic E-state index is 5.80. The molecule has 5 nitrogen and oxygen atoms in total. The quantitative estimate of drug-likeness (QED) is 0.721. The van der Waals surface area contributed by atoms with E-state index in [0.29, 0.717) is 23.0 Å². The summed E-state index contributed by atoms with van der Waals surface area (Å²) in [4.78, 5) is 5.16. The number of nitrogens with two attached hydrogens (primary N) is 1. The molecule has 0 saturated carbocycles. The molecule has 0 fully saturated rings. The Morgan fingerprint density at radius 2 is 1.75 bits per heavy atom. The summed E-state index contributed by atoms with van der Waals surface area (Å²) in [6.45, 7) is 2.46. The van der Waals surface area contributed by atoms with Gasteiger partial charge in [0.05, 0.1) is 36.8 Å². The van der Waals surface area contributed by atoms with Gasteiger partial charge in [-0.05, 0) is 6.92 Å². The van der Waals surface area contributed by atoms with E-state index in [1.165, 1.54) is 5.56 Å². The van der Waals surface area contributed by atoms with E-state index in [1.54, 1.807) is 14.2 Å². The van der Waals surface area contributed by atoms with Crippen LogP contribution in [0.4, 0.5) is 0 Å². The summed E-state index contributed by atoms with van der Waals surface area (Å²) in [6, 6.07) is 12.0. The minimum Gasteiger partial charge on any atom is -0.493 e. The SMILES string of the molecule is COc1cc2nc(-c3ccc(C)cc3)n(CC(N)=S)c2cc1OC. The highest BCUT2D eigenvalue weighted by atomic mass is 32.1. The predicted octanol–water partition coefficient (Wildman–Crippen LogP) is 3.32. The standard InChI is InChI=1S/C18H19N3O2S/c1-11-4-6-12(7-5-11)18-20-13-8-15(22-2)16(23-3)9-14(13)21(18)10-17(19)24/h4-9H,10H2,1-3H3,(H2,19,24). The molecular weight excluding hydrogens is 322 g/mol. The van der Waals surface area contributed by atoms with Gasteiger partial charge < -0.3 is 19.8 Å². The zero-order chi connectivity index (χ0) is 17.3. The number of benzene rings is 2. The lowest BCUT2D eigenvalue weighted by Crippen LogP contribution is -2.17. The number of imidazole rings is 1. The number of aryl methyl sites for hydroxylation is 1. The second-order valence-corrected chi connectivity index (χ2v) is 6.07. The van der Waals surface area contributed by atoms with Gasteiger partial charge in [-0.15, -0.1) is 0 Å². The maximum Gasteiger partial charge on any atom is 0.163 e. The van der Waals surface area contributed by atoms with Crippen LogP contribution < -0.4 is 15.2 Å². The molecule has 6 heteroatoms. The van der Waals surface area contributed by atoms with E-state index in [1.807, 2.05) is 28.8 Å². The molecule has 1 aromatic heterocycles. The van der Waals surface area contributed by atoms with Crippen molar-refractivity contribution in [3.8, 4) is 22.9 Å². The summed E-state index contributed by atoms with van der Waals surface area (Å²) < 4.78 is 12.8. The summed E-state index contributed by atoms with van der Waals surface area (Å²) in [5.41, 5.74) is 9.70. The monoisotopic (exact) mass is 341 g/mol. The van der Waals surface area contributed by atoms with Crippen molar-refractivity contribution < 1.29 is 9.47 Å². The minimum absolute atomic E-state index is 0.400. The van der Waals surface area contributed by atoms with Gasteiger partial charge in [0, 0.05) is 17.7 Å². The highest BCUT2D eigenvalue weighted by Gasteiger charge is 2.16. The van der Waals surface area contributed by atoms with Gasteiger partial charge in [-0.1, -0.05) is 42.0 Å². The first-order chi connectivity index (χ1) is 11.5. The molecule has 0 bridgehead atoms. The lowest BCUT2D eigenvalue weighted by molar-refractivity contribution is 0.355. The minimum atomic E-state index is 0.400. The van der Waals surface area contributed by atoms with Crippen LogP contribution in [-0.4, -0.2) is 28.8 Å². The lowest BCUT2D eigenvalue weighted by atomic mass is 10.1. The molecule has 0 saturated heterocycles. The van der Waals surface area contributed by atoms with Gasteiger partial charge in [-0.25, -0.2) is 4.98 Å². The lowest BCUT2D eigenvalue weighted by Gasteiger charge is -2.10. The van der Waals surface area contributed by atoms with Crippen LogP contribution in [0.3, 0.4) is 0 Å². The number of ether oxygens (including phenoxy) is 2. The van der Waals surface area contributed by atoms with Crippen LogP contribution in [0.1, 0.15) is 5.56 Å². The molecule has 2 aromatic carbocycles. The van der Waals surface area contributed by atoms with Crippen molar-refractivity contribution in [1.82, 2.24) is 9.55 Å². The molecule has 124 valence electrons. The van der Waals surface area contributed by atoms with Crippen molar-refractivity contribution >= 4 is 28.2 Å². The fraction of sp³-hybridized carbons (Fsp3) is 0.222. The molecule has 0 aliphatic rings. The van der Waals surface area contributed by atoms with Crippen LogP contribution in [0.2, 0.25) is 0 Å². The van der Waals surface area contributed by atoms with Crippen molar-refractivity contribution in [3.63, 3.8) is 0 Å². The van der Waals surface area contributed by atoms with E-state index in [2.05, 4.69) is 19.1 Å². The van der Waals surface area contributed by atoms with Gasteiger partial charge in [0.25, 0.3) is 0 Å². The first-order valence-corrected chi connectivity index (χ1v) is 7.92. The predicted molar refractivity (Wildman–Crippen MR) is 99.8 cm³/mol. The number of methoxy groups -OCH3 is 2. The first-order valence-electron chi connectivity index (χ1n) is 7.51. The third kappa shape index (κ3) is 2.92.